The molecule has 4 aromatic rings. The SMILES string of the molecule is NC(=O)c1cccc2c1c1cccc(F)c1n2Cc1ccccc1OC(F)(F)F. The van der Waals surface area contributed by atoms with E-state index in [9.17, 15) is 22.4 Å². The summed E-state index contributed by atoms with van der Waals surface area (Å²) in [6.45, 7) is -0.102. The number of carbonyl (C=O) groups excluding carboxylic acids is 1. The van der Waals surface area contributed by atoms with E-state index in [2.05, 4.69) is 4.74 Å². The van der Waals surface area contributed by atoms with Crippen LogP contribution in [0, 0.1) is 5.82 Å². The summed E-state index contributed by atoms with van der Waals surface area (Å²) in [7, 11) is 0. The molecule has 29 heavy (non-hydrogen) atoms. The number of halogens is 4. The van der Waals surface area contributed by atoms with Crippen LogP contribution in [0.25, 0.3) is 21.8 Å². The van der Waals surface area contributed by atoms with Gasteiger partial charge in [-0.05, 0) is 24.3 Å². The number of para-hydroxylation sites is 2. The fraction of sp³-hybridized carbons (Fsp3) is 0.0952. The lowest BCUT2D eigenvalue weighted by Gasteiger charge is -2.15. The summed E-state index contributed by atoms with van der Waals surface area (Å²) in [5.41, 5.74) is 6.53. The summed E-state index contributed by atoms with van der Waals surface area (Å²) in [6, 6.07) is 14.8. The molecule has 1 amide bonds. The van der Waals surface area contributed by atoms with Gasteiger partial charge in [0.15, 0.2) is 0 Å². The van der Waals surface area contributed by atoms with Gasteiger partial charge in [-0.1, -0.05) is 36.4 Å². The number of hydrogen-bond acceptors (Lipinski definition) is 2. The molecule has 3 aromatic carbocycles. The van der Waals surface area contributed by atoms with Crippen molar-refractivity contribution < 1.29 is 27.1 Å². The minimum absolute atomic E-state index is 0.102. The molecule has 0 bridgehead atoms. The van der Waals surface area contributed by atoms with Gasteiger partial charge in [-0.2, -0.15) is 0 Å². The van der Waals surface area contributed by atoms with Crippen LogP contribution in [0.1, 0.15) is 15.9 Å². The van der Waals surface area contributed by atoms with Crippen LogP contribution in [0.4, 0.5) is 17.6 Å². The van der Waals surface area contributed by atoms with Gasteiger partial charge < -0.3 is 15.0 Å². The van der Waals surface area contributed by atoms with Crippen LogP contribution in [0.5, 0.6) is 5.75 Å². The van der Waals surface area contributed by atoms with Gasteiger partial charge in [0, 0.05) is 21.9 Å². The highest BCUT2D eigenvalue weighted by atomic mass is 19.4. The minimum Gasteiger partial charge on any atom is -0.405 e. The van der Waals surface area contributed by atoms with Crippen molar-refractivity contribution in [2.45, 2.75) is 12.9 Å². The molecule has 0 saturated heterocycles. The van der Waals surface area contributed by atoms with E-state index in [-0.39, 0.29) is 28.9 Å². The third-order valence-electron chi connectivity index (χ3n) is 4.65. The molecular weight excluding hydrogens is 388 g/mol. The molecule has 0 saturated carbocycles. The number of fused-ring (bicyclic) bond motifs is 3. The van der Waals surface area contributed by atoms with Crippen molar-refractivity contribution in [1.82, 2.24) is 4.57 Å². The Hall–Kier alpha value is -3.55. The van der Waals surface area contributed by atoms with E-state index in [1.165, 1.54) is 41.0 Å². The highest BCUT2D eigenvalue weighted by Gasteiger charge is 2.32. The van der Waals surface area contributed by atoms with Gasteiger partial charge in [-0.15, -0.1) is 13.2 Å². The second-order valence-electron chi connectivity index (χ2n) is 6.44. The first-order chi connectivity index (χ1) is 13.8. The van der Waals surface area contributed by atoms with Crippen molar-refractivity contribution in [3.05, 3.63) is 77.6 Å². The Kier molecular flexibility index (Phi) is 4.41. The van der Waals surface area contributed by atoms with Crippen molar-refractivity contribution in [2.75, 3.05) is 0 Å². The Balaban J connectivity index is 1.98. The number of nitrogens with two attached hydrogens (primary N) is 1. The van der Waals surface area contributed by atoms with E-state index in [0.29, 0.717) is 16.3 Å². The maximum absolute atomic E-state index is 14.7. The first-order valence-corrected chi connectivity index (χ1v) is 8.59. The fourth-order valence-corrected chi connectivity index (χ4v) is 3.56. The lowest BCUT2D eigenvalue weighted by atomic mass is 10.1. The predicted molar refractivity (Wildman–Crippen MR) is 100 cm³/mol. The maximum Gasteiger partial charge on any atom is 0.573 e. The smallest absolute Gasteiger partial charge is 0.405 e. The fourth-order valence-electron chi connectivity index (χ4n) is 3.56. The van der Waals surface area contributed by atoms with Crippen LogP contribution in [0.3, 0.4) is 0 Å². The zero-order chi connectivity index (χ0) is 20.8. The molecule has 2 N–H and O–H groups in total. The van der Waals surface area contributed by atoms with Crippen molar-refractivity contribution in [2.24, 2.45) is 5.73 Å². The van der Waals surface area contributed by atoms with Crippen molar-refractivity contribution in [3.63, 3.8) is 0 Å². The van der Waals surface area contributed by atoms with Crippen LogP contribution >= 0.6 is 0 Å². The van der Waals surface area contributed by atoms with Crippen LogP contribution < -0.4 is 10.5 Å². The van der Waals surface area contributed by atoms with Crippen molar-refractivity contribution in [1.29, 1.82) is 0 Å². The molecule has 4 nitrogen and oxygen atoms in total. The standard InChI is InChI=1S/C21H14F4N2O2/c22-15-8-3-6-13-18-14(20(26)28)7-4-9-16(18)27(19(13)15)11-12-5-1-2-10-17(12)29-21(23,24)25/h1-10H,11H2,(H2,26,28). The zero-order valence-electron chi connectivity index (χ0n) is 14.8. The second kappa shape index (κ2) is 6.80. The van der Waals surface area contributed by atoms with Crippen LogP contribution in [-0.4, -0.2) is 16.8 Å². The topological polar surface area (TPSA) is 57.2 Å². The van der Waals surface area contributed by atoms with Gasteiger partial charge in [0.2, 0.25) is 5.91 Å². The lowest BCUT2D eigenvalue weighted by molar-refractivity contribution is -0.274. The second-order valence-corrected chi connectivity index (χ2v) is 6.44. The monoisotopic (exact) mass is 402 g/mol. The van der Waals surface area contributed by atoms with Gasteiger partial charge in [0.05, 0.1) is 17.6 Å². The summed E-state index contributed by atoms with van der Waals surface area (Å²) >= 11 is 0. The van der Waals surface area contributed by atoms with Gasteiger partial charge in [-0.25, -0.2) is 4.39 Å². The zero-order valence-corrected chi connectivity index (χ0v) is 14.8. The molecule has 8 heteroatoms. The quantitative estimate of drug-likeness (QED) is 0.490. The van der Waals surface area contributed by atoms with Crippen LogP contribution in [0.2, 0.25) is 0 Å². The average Bonchev–Trinajstić information content (AvgIpc) is 2.97. The molecule has 4 rings (SSSR count). The molecule has 148 valence electrons. The summed E-state index contributed by atoms with van der Waals surface area (Å²) in [5, 5.41) is 0.896. The van der Waals surface area contributed by atoms with E-state index in [1.807, 2.05) is 0 Å². The van der Waals surface area contributed by atoms with Gasteiger partial charge in [-0.3, -0.25) is 4.79 Å². The molecule has 0 aliphatic rings. The number of primary amides is 1. The van der Waals surface area contributed by atoms with Gasteiger partial charge in [0.1, 0.15) is 11.6 Å². The van der Waals surface area contributed by atoms with E-state index in [0.717, 1.165) is 0 Å². The first kappa shape index (κ1) is 18.8. The van der Waals surface area contributed by atoms with Crippen molar-refractivity contribution >= 4 is 27.7 Å². The Morgan fingerprint density at radius 1 is 1.00 bits per heavy atom. The molecule has 0 atom stereocenters. The molecule has 1 heterocycles. The number of rotatable bonds is 4. The summed E-state index contributed by atoms with van der Waals surface area (Å²) in [6.07, 6.45) is -4.86. The molecule has 0 fully saturated rings. The highest BCUT2D eigenvalue weighted by Crippen LogP contribution is 2.35. The average molecular weight is 402 g/mol. The molecular formula is C21H14F4N2O2. The molecule has 0 unspecified atom stereocenters. The number of aromatic nitrogens is 1. The number of hydrogen-bond donors (Lipinski definition) is 1. The highest BCUT2D eigenvalue weighted by molar-refractivity contribution is 6.17. The normalized spacial score (nSPS) is 11.9. The summed E-state index contributed by atoms with van der Waals surface area (Å²) in [4.78, 5) is 11.9. The summed E-state index contributed by atoms with van der Waals surface area (Å²) in [5.74, 6) is -1.62. The number of alkyl halides is 3. The largest absolute Gasteiger partial charge is 0.573 e. The van der Waals surface area contributed by atoms with Gasteiger partial charge in [0.25, 0.3) is 0 Å². The predicted octanol–water partition coefficient (Wildman–Crippen LogP) is 4.98. The van der Waals surface area contributed by atoms with Crippen LogP contribution in [-0.2, 0) is 6.54 Å². The third kappa shape index (κ3) is 3.37. The third-order valence-corrected chi connectivity index (χ3v) is 4.65. The number of carbonyl (C=O) groups is 1. The number of ether oxygens (including phenoxy) is 1. The molecule has 0 aliphatic carbocycles. The Morgan fingerprint density at radius 2 is 1.72 bits per heavy atom. The Bertz CT molecular complexity index is 1240. The number of amides is 1. The van der Waals surface area contributed by atoms with Gasteiger partial charge >= 0.3 is 6.36 Å². The first-order valence-electron chi connectivity index (χ1n) is 8.59. The maximum atomic E-state index is 14.7. The number of nitrogens with zero attached hydrogens (tertiary/aromatic N) is 1. The molecule has 0 spiro atoms. The van der Waals surface area contributed by atoms with Crippen LogP contribution in [0.15, 0.2) is 60.7 Å². The van der Waals surface area contributed by atoms with Crippen molar-refractivity contribution in [3.8, 4) is 5.75 Å². The van der Waals surface area contributed by atoms with E-state index in [1.54, 1.807) is 24.3 Å². The molecule has 1 aromatic heterocycles. The lowest BCUT2D eigenvalue weighted by Crippen LogP contribution is -2.18. The Morgan fingerprint density at radius 3 is 2.45 bits per heavy atom. The van der Waals surface area contributed by atoms with E-state index >= 15 is 0 Å². The Labute approximate surface area is 162 Å². The molecule has 0 aliphatic heterocycles. The number of benzene rings is 3. The van der Waals surface area contributed by atoms with E-state index in [4.69, 9.17) is 5.73 Å². The molecule has 0 radical (unpaired) electrons. The van der Waals surface area contributed by atoms with E-state index < -0.39 is 18.1 Å². The summed E-state index contributed by atoms with van der Waals surface area (Å²) < 4.78 is 58.7. The minimum atomic E-state index is -4.86.